The van der Waals surface area contributed by atoms with Gasteiger partial charge in [0.25, 0.3) is 0 Å². The number of hydrogen-bond acceptors (Lipinski definition) is 4. The summed E-state index contributed by atoms with van der Waals surface area (Å²) in [6.07, 6.45) is 8.63. The maximum Gasteiger partial charge on any atom is 0.193 e. The lowest BCUT2D eigenvalue weighted by molar-refractivity contribution is 0.312. The molecule has 1 saturated heterocycles. The number of aliphatic imine (C=N–C) groups is 1. The summed E-state index contributed by atoms with van der Waals surface area (Å²) in [6, 6.07) is 4.27. The molecular formula is C21H36N6. The second-order valence-electron chi connectivity index (χ2n) is 7.27. The van der Waals surface area contributed by atoms with Crippen LogP contribution in [0, 0.1) is 0 Å². The molecule has 0 unspecified atom stereocenters. The first-order valence-electron chi connectivity index (χ1n) is 10.0. The van der Waals surface area contributed by atoms with Crippen LogP contribution in [0.25, 0.3) is 0 Å². The second kappa shape index (κ2) is 11.6. The number of guanidine groups is 1. The Hall–Kier alpha value is -2.08. The monoisotopic (exact) mass is 372 g/mol. The van der Waals surface area contributed by atoms with Crippen LogP contribution in [0.4, 0.5) is 5.82 Å². The lowest BCUT2D eigenvalue weighted by Gasteiger charge is -2.33. The molecule has 1 aliphatic rings. The Labute approximate surface area is 165 Å². The van der Waals surface area contributed by atoms with E-state index in [9.17, 15) is 0 Å². The third-order valence-electron chi connectivity index (χ3n) is 5.06. The number of unbranched alkanes of at least 4 members (excludes halogenated alkanes) is 3. The largest absolute Gasteiger partial charge is 0.354 e. The molecule has 0 aromatic carbocycles. The zero-order valence-electron chi connectivity index (χ0n) is 17.3. The topological polar surface area (TPSA) is 47.0 Å². The highest BCUT2D eigenvalue weighted by atomic mass is 15.3. The van der Waals surface area contributed by atoms with Crippen LogP contribution in [0.3, 0.4) is 0 Å². The van der Waals surface area contributed by atoms with E-state index in [-0.39, 0.29) is 0 Å². The molecule has 0 spiro atoms. The Balaban J connectivity index is 1.81. The summed E-state index contributed by atoms with van der Waals surface area (Å²) in [6.45, 7) is 9.81. The summed E-state index contributed by atoms with van der Waals surface area (Å²) in [4.78, 5) is 15.9. The highest BCUT2D eigenvalue weighted by molar-refractivity contribution is 5.79. The molecule has 0 amide bonds. The fraction of sp³-hybridized carbons (Fsp3) is 0.619. The van der Waals surface area contributed by atoms with Crippen LogP contribution < -0.4 is 10.2 Å². The minimum Gasteiger partial charge on any atom is -0.354 e. The Kier molecular flexibility index (Phi) is 9.11. The van der Waals surface area contributed by atoms with Crippen molar-refractivity contribution in [3.63, 3.8) is 0 Å². The molecule has 0 aliphatic carbocycles. The normalized spacial score (nSPS) is 15.7. The van der Waals surface area contributed by atoms with E-state index < -0.39 is 0 Å². The van der Waals surface area contributed by atoms with Crippen molar-refractivity contribution >= 4 is 11.8 Å². The van der Waals surface area contributed by atoms with Gasteiger partial charge in [0.05, 0.1) is 0 Å². The van der Waals surface area contributed by atoms with E-state index in [2.05, 4.69) is 62.8 Å². The summed E-state index contributed by atoms with van der Waals surface area (Å²) in [7, 11) is 6.12. The van der Waals surface area contributed by atoms with Crippen LogP contribution in [0.5, 0.6) is 0 Å². The van der Waals surface area contributed by atoms with Crippen LogP contribution in [-0.4, -0.2) is 74.6 Å². The molecule has 27 heavy (non-hydrogen) atoms. The summed E-state index contributed by atoms with van der Waals surface area (Å²) in [5.74, 6) is 2.02. The SMILES string of the molecule is C=CCCCCCN(C)C(=NC)NCc1ccnc(N2CCN(C)CC2)c1. The Bertz CT molecular complexity index is 592. The average molecular weight is 373 g/mol. The van der Waals surface area contributed by atoms with E-state index in [1.807, 2.05) is 19.3 Å². The van der Waals surface area contributed by atoms with Gasteiger partial charge in [-0.3, -0.25) is 4.99 Å². The van der Waals surface area contributed by atoms with E-state index in [0.717, 1.165) is 57.5 Å². The van der Waals surface area contributed by atoms with Gasteiger partial charge >= 0.3 is 0 Å². The van der Waals surface area contributed by atoms with Gasteiger partial charge in [-0.05, 0) is 44.0 Å². The standard InChI is InChI=1S/C21H36N6/c1-5-6-7-8-9-12-26(4)21(22-2)24-18-19-10-11-23-20(17-19)27-15-13-25(3)14-16-27/h5,10-11,17H,1,6-9,12-16,18H2,2-4H3,(H,22,24). The Morgan fingerprint density at radius 1 is 1.30 bits per heavy atom. The van der Waals surface area contributed by atoms with E-state index in [4.69, 9.17) is 0 Å². The fourth-order valence-corrected chi connectivity index (χ4v) is 3.27. The highest BCUT2D eigenvalue weighted by Crippen LogP contribution is 2.14. The van der Waals surface area contributed by atoms with E-state index >= 15 is 0 Å². The summed E-state index contributed by atoms with van der Waals surface area (Å²) >= 11 is 0. The molecule has 2 rings (SSSR count). The third kappa shape index (κ3) is 7.21. The maximum absolute atomic E-state index is 4.57. The van der Waals surface area contributed by atoms with Gasteiger partial charge in [-0.2, -0.15) is 0 Å². The number of rotatable bonds is 9. The van der Waals surface area contributed by atoms with Gasteiger partial charge < -0.3 is 20.0 Å². The summed E-state index contributed by atoms with van der Waals surface area (Å²) in [5, 5.41) is 3.48. The number of piperazine rings is 1. The summed E-state index contributed by atoms with van der Waals surface area (Å²) < 4.78 is 0. The van der Waals surface area contributed by atoms with E-state index in [1.165, 1.54) is 24.8 Å². The van der Waals surface area contributed by atoms with Crippen LogP contribution in [-0.2, 0) is 6.54 Å². The molecule has 0 bridgehead atoms. The van der Waals surface area contributed by atoms with Gasteiger partial charge in [0.2, 0.25) is 0 Å². The van der Waals surface area contributed by atoms with Gasteiger partial charge in [0.15, 0.2) is 5.96 Å². The van der Waals surface area contributed by atoms with Crippen LogP contribution >= 0.6 is 0 Å². The molecule has 6 heteroatoms. The number of allylic oxidation sites excluding steroid dienone is 1. The molecule has 0 radical (unpaired) electrons. The fourth-order valence-electron chi connectivity index (χ4n) is 3.27. The number of nitrogens with one attached hydrogen (secondary N) is 1. The van der Waals surface area contributed by atoms with Gasteiger partial charge in [0.1, 0.15) is 5.82 Å². The zero-order chi connectivity index (χ0) is 19.5. The minimum atomic E-state index is 0.761. The molecule has 1 aromatic heterocycles. The molecule has 1 N–H and O–H groups in total. The number of nitrogens with zero attached hydrogens (tertiary/aromatic N) is 5. The van der Waals surface area contributed by atoms with Crippen molar-refractivity contribution in [3.05, 3.63) is 36.5 Å². The number of hydrogen-bond donors (Lipinski definition) is 1. The molecule has 6 nitrogen and oxygen atoms in total. The molecule has 1 fully saturated rings. The van der Waals surface area contributed by atoms with E-state index in [0.29, 0.717) is 0 Å². The average Bonchev–Trinajstić information content (AvgIpc) is 2.69. The minimum absolute atomic E-state index is 0.761. The second-order valence-corrected chi connectivity index (χ2v) is 7.27. The molecule has 1 aromatic rings. The van der Waals surface area contributed by atoms with E-state index in [1.54, 1.807) is 0 Å². The quantitative estimate of drug-likeness (QED) is 0.312. The molecule has 150 valence electrons. The lowest BCUT2D eigenvalue weighted by atomic mass is 10.2. The van der Waals surface area contributed by atoms with Crippen molar-refractivity contribution in [2.45, 2.75) is 32.2 Å². The number of aromatic nitrogens is 1. The molecular weight excluding hydrogens is 336 g/mol. The zero-order valence-corrected chi connectivity index (χ0v) is 17.3. The number of pyridine rings is 1. The van der Waals surface area contributed by atoms with Crippen LogP contribution in [0.1, 0.15) is 31.2 Å². The van der Waals surface area contributed by atoms with Gasteiger partial charge in [0, 0.05) is 59.6 Å². The highest BCUT2D eigenvalue weighted by Gasteiger charge is 2.15. The van der Waals surface area contributed by atoms with Crippen molar-refractivity contribution in [3.8, 4) is 0 Å². The van der Waals surface area contributed by atoms with Crippen molar-refractivity contribution < 1.29 is 0 Å². The summed E-state index contributed by atoms with van der Waals surface area (Å²) in [5.41, 5.74) is 1.24. The predicted octanol–water partition coefficient (Wildman–Crippen LogP) is 2.59. The first-order valence-corrected chi connectivity index (χ1v) is 10.0. The van der Waals surface area contributed by atoms with Crippen LogP contribution in [0.2, 0.25) is 0 Å². The van der Waals surface area contributed by atoms with Crippen molar-refractivity contribution in [1.29, 1.82) is 0 Å². The maximum atomic E-state index is 4.57. The van der Waals surface area contributed by atoms with Crippen molar-refractivity contribution in [1.82, 2.24) is 20.1 Å². The Morgan fingerprint density at radius 2 is 2.07 bits per heavy atom. The van der Waals surface area contributed by atoms with Gasteiger partial charge in [-0.1, -0.05) is 12.5 Å². The number of anilines is 1. The third-order valence-corrected chi connectivity index (χ3v) is 5.06. The van der Waals surface area contributed by atoms with Gasteiger partial charge in [-0.25, -0.2) is 4.98 Å². The molecule has 0 atom stereocenters. The van der Waals surface area contributed by atoms with Crippen LogP contribution in [0.15, 0.2) is 36.0 Å². The van der Waals surface area contributed by atoms with Gasteiger partial charge in [-0.15, -0.1) is 6.58 Å². The Morgan fingerprint density at radius 3 is 2.78 bits per heavy atom. The molecule has 0 saturated carbocycles. The molecule has 1 aliphatic heterocycles. The predicted molar refractivity (Wildman–Crippen MR) is 115 cm³/mol. The number of likely N-dealkylation sites (N-methyl/N-ethyl adjacent to an activating group) is 1. The molecule has 2 heterocycles. The smallest absolute Gasteiger partial charge is 0.193 e. The van der Waals surface area contributed by atoms with Crippen molar-refractivity contribution in [2.75, 3.05) is 58.8 Å². The first kappa shape index (κ1) is 21.2. The first-order chi connectivity index (χ1) is 13.1. The lowest BCUT2D eigenvalue weighted by Crippen LogP contribution is -2.44. The van der Waals surface area contributed by atoms with Crippen molar-refractivity contribution in [2.24, 2.45) is 4.99 Å².